The lowest BCUT2D eigenvalue weighted by Crippen LogP contribution is -2.18. The monoisotopic (exact) mass is 409 g/mol. The van der Waals surface area contributed by atoms with Crippen molar-refractivity contribution in [3.8, 4) is 17.2 Å². The van der Waals surface area contributed by atoms with Crippen LogP contribution in [0.25, 0.3) is 0 Å². The summed E-state index contributed by atoms with van der Waals surface area (Å²) < 4.78 is 43.9. The number of fused-ring (bicyclic) bond motifs is 1. The van der Waals surface area contributed by atoms with E-state index < -0.39 is 41.1 Å². The molecule has 29 heavy (non-hydrogen) atoms. The Labute approximate surface area is 161 Å². The molecule has 0 aliphatic carbocycles. The third-order valence-electron chi connectivity index (χ3n) is 3.81. The summed E-state index contributed by atoms with van der Waals surface area (Å²) in [6, 6.07) is 6.94. The molecule has 0 atom stereocenters. The number of ketones is 1. The molecule has 9 nitrogen and oxygen atoms in total. The Kier molecular flexibility index (Phi) is 5.86. The Balaban J connectivity index is 1.70. The maximum Gasteiger partial charge on any atom is 0.387 e. The summed E-state index contributed by atoms with van der Waals surface area (Å²) >= 11 is 0. The molecule has 11 heteroatoms. The van der Waals surface area contributed by atoms with Crippen LogP contribution in [0.5, 0.6) is 17.2 Å². The number of hydrogen-bond donors (Lipinski definition) is 0. The number of Topliss-reactive ketones (excluding diaryl/α,β-unsaturated/α-hetero) is 1. The van der Waals surface area contributed by atoms with Crippen molar-refractivity contribution in [1.29, 1.82) is 0 Å². The van der Waals surface area contributed by atoms with Crippen LogP contribution in [0.4, 0.5) is 14.5 Å². The fourth-order valence-electron chi connectivity index (χ4n) is 2.51. The molecule has 0 saturated carbocycles. The van der Waals surface area contributed by atoms with Gasteiger partial charge in [-0.05, 0) is 24.3 Å². The molecule has 0 aromatic heterocycles. The first-order chi connectivity index (χ1) is 13.8. The van der Waals surface area contributed by atoms with Gasteiger partial charge in [0.25, 0.3) is 5.69 Å². The van der Waals surface area contributed by atoms with Gasteiger partial charge in [0.05, 0.1) is 11.0 Å². The van der Waals surface area contributed by atoms with Crippen LogP contribution in [-0.2, 0) is 4.74 Å². The van der Waals surface area contributed by atoms with Crippen molar-refractivity contribution < 1.29 is 42.2 Å². The quantitative estimate of drug-likeness (QED) is 0.297. The summed E-state index contributed by atoms with van der Waals surface area (Å²) in [5, 5.41) is 11.2. The first-order valence-corrected chi connectivity index (χ1v) is 8.18. The number of esters is 1. The van der Waals surface area contributed by atoms with Gasteiger partial charge >= 0.3 is 12.6 Å². The Morgan fingerprint density at radius 2 is 1.72 bits per heavy atom. The summed E-state index contributed by atoms with van der Waals surface area (Å²) in [7, 11) is 0. The molecule has 0 bridgehead atoms. The molecule has 0 amide bonds. The summed E-state index contributed by atoms with van der Waals surface area (Å²) in [4.78, 5) is 34.9. The highest BCUT2D eigenvalue weighted by atomic mass is 19.3. The third-order valence-corrected chi connectivity index (χ3v) is 3.81. The summed E-state index contributed by atoms with van der Waals surface area (Å²) in [6.07, 6.45) is 0. The molecule has 152 valence electrons. The second-order valence-electron chi connectivity index (χ2n) is 5.67. The second kappa shape index (κ2) is 8.50. The van der Waals surface area contributed by atoms with Crippen LogP contribution in [0.3, 0.4) is 0 Å². The lowest BCUT2D eigenvalue weighted by Gasteiger charge is -2.18. The van der Waals surface area contributed by atoms with Crippen molar-refractivity contribution >= 4 is 17.4 Å². The molecule has 0 radical (unpaired) electrons. The summed E-state index contributed by atoms with van der Waals surface area (Å²) in [6.45, 7) is -3.29. The smallest absolute Gasteiger partial charge is 0.387 e. The number of nitro groups is 1. The van der Waals surface area contributed by atoms with Gasteiger partial charge in [-0.1, -0.05) is 0 Å². The Hall–Kier alpha value is -3.76. The van der Waals surface area contributed by atoms with E-state index in [1.54, 1.807) is 0 Å². The number of alkyl halides is 2. The van der Waals surface area contributed by atoms with Crippen LogP contribution in [0.1, 0.15) is 20.7 Å². The Morgan fingerprint density at radius 3 is 2.31 bits per heavy atom. The molecule has 1 heterocycles. The average molecular weight is 409 g/mol. The lowest BCUT2D eigenvalue weighted by atomic mass is 10.1. The fraction of sp³-hybridized carbons (Fsp3) is 0.222. The third kappa shape index (κ3) is 4.75. The van der Waals surface area contributed by atoms with Crippen molar-refractivity contribution in [3.05, 3.63) is 57.6 Å². The number of carbonyl (C=O) groups excluding carboxylic acids is 2. The van der Waals surface area contributed by atoms with Crippen molar-refractivity contribution in [2.75, 3.05) is 19.8 Å². The number of benzene rings is 2. The van der Waals surface area contributed by atoms with Gasteiger partial charge in [0.2, 0.25) is 0 Å². The number of rotatable bonds is 7. The van der Waals surface area contributed by atoms with E-state index in [9.17, 15) is 28.5 Å². The van der Waals surface area contributed by atoms with E-state index in [2.05, 4.69) is 4.74 Å². The largest absolute Gasteiger partial charge is 0.486 e. The molecule has 3 rings (SSSR count). The summed E-state index contributed by atoms with van der Waals surface area (Å²) in [5.41, 5.74) is -0.871. The SMILES string of the molecule is O=C(COC(=O)c1cc2c(cc1[N+](=O)[O-])OCCO2)c1ccc(OC(F)F)cc1. The van der Waals surface area contributed by atoms with Gasteiger partial charge in [-0.3, -0.25) is 14.9 Å². The molecule has 2 aromatic rings. The van der Waals surface area contributed by atoms with Gasteiger partial charge in [0, 0.05) is 11.6 Å². The molecule has 0 unspecified atom stereocenters. The highest BCUT2D eigenvalue weighted by Gasteiger charge is 2.27. The summed E-state index contributed by atoms with van der Waals surface area (Å²) in [5.74, 6) is -1.60. The molecule has 1 aliphatic heterocycles. The van der Waals surface area contributed by atoms with Gasteiger partial charge in [-0.25, -0.2) is 4.79 Å². The predicted octanol–water partition coefficient (Wildman–Crippen LogP) is 3.01. The number of ether oxygens (including phenoxy) is 4. The Morgan fingerprint density at radius 1 is 1.10 bits per heavy atom. The molecule has 0 saturated heterocycles. The van der Waals surface area contributed by atoms with E-state index >= 15 is 0 Å². The van der Waals surface area contributed by atoms with E-state index in [-0.39, 0.29) is 36.0 Å². The van der Waals surface area contributed by atoms with Crippen LogP contribution in [-0.4, -0.2) is 43.1 Å². The predicted molar refractivity (Wildman–Crippen MR) is 91.8 cm³/mol. The molecular formula is C18H13F2NO8. The zero-order valence-electron chi connectivity index (χ0n) is 14.6. The van der Waals surface area contributed by atoms with Crippen LogP contribution in [0.15, 0.2) is 36.4 Å². The maximum absolute atomic E-state index is 12.3. The van der Waals surface area contributed by atoms with E-state index in [1.807, 2.05) is 0 Å². The zero-order chi connectivity index (χ0) is 21.0. The van der Waals surface area contributed by atoms with Crippen LogP contribution in [0, 0.1) is 10.1 Å². The maximum atomic E-state index is 12.3. The second-order valence-corrected chi connectivity index (χ2v) is 5.67. The van der Waals surface area contributed by atoms with Crippen molar-refractivity contribution in [2.24, 2.45) is 0 Å². The topological polar surface area (TPSA) is 114 Å². The average Bonchev–Trinajstić information content (AvgIpc) is 2.70. The normalized spacial score (nSPS) is 12.4. The zero-order valence-corrected chi connectivity index (χ0v) is 14.6. The van der Waals surface area contributed by atoms with E-state index in [0.29, 0.717) is 0 Å². The van der Waals surface area contributed by atoms with Gasteiger partial charge < -0.3 is 18.9 Å². The minimum atomic E-state index is -3.00. The van der Waals surface area contributed by atoms with Gasteiger partial charge in [-0.15, -0.1) is 0 Å². The molecule has 0 spiro atoms. The standard InChI is InChI=1S/C18H13F2NO8/c19-18(20)29-11-3-1-10(2-4-11)14(22)9-28-17(23)12-7-15-16(27-6-5-26-15)8-13(12)21(24)25/h1-4,7-8,18H,5-6,9H2. The number of halogens is 2. The van der Waals surface area contributed by atoms with E-state index in [4.69, 9.17) is 14.2 Å². The minimum absolute atomic E-state index is 0.0797. The number of nitro benzene ring substituents is 1. The van der Waals surface area contributed by atoms with Crippen LogP contribution < -0.4 is 14.2 Å². The molecule has 2 aromatic carbocycles. The molecule has 0 N–H and O–H groups in total. The highest BCUT2D eigenvalue weighted by molar-refractivity contribution is 6.00. The molecule has 0 fully saturated rings. The van der Waals surface area contributed by atoms with Crippen molar-refractivity contribution in [3.63, 3.8) is 0 Å². The van der Waals surface area contributed by atoms with Gasteiger partial charge in [0.1, 0.15) is 24.5 Å². The van der Waals surface area contributed by atoms with E-state index in [0.717, 1.165) is 24.3 Å². The lowest BCUT2D eigenvalue weighted by molar-refractivity contribution is -0.385. The number of carbonyl (C=O) groups is 2. The van der Waals surface area contributed by atoms with Crippen LogP contribution >= 0.6 is 0 Å². The first-order valence-electron chi connectivity index (χ1n) is 8.18. The Bertz CT molecular complexity index is 946. The van der Waals surface area contributed by atoms with Gasteiger partial charge in [-0.2, -0.15) is 8.78 Å². The van der Waals surface area contributed by atoms with Gasteiger partial charge in [0.15, 0.2) is 23.9 Å². The van der Waals surface area contributed by atoms with Crippen molar-refractivity contribution in [2.45, 2.75) is 6.61 Å². The molecular weight excluding hydrogens is 396 g/mol. The minimum Gasteiger partial charge on any atom is -0.486 e. The molecule has 1 aliphatic rings. The van der Waals surface area contributed by atoms with E-state index in [1.165, 1.54) is 12.1 Å². The van der Waals surface area contributed by atoms with Crippen LogP contribution in [0.2, 0.25) is 0 Å². The fourth-order valence-corrected chi connectivity index (χ4v) is 2.51. The van der Waals surface area contributed by atoms with Crippen molar-refractivity contribution in [1.82, 2.24) is 0 Å². The highest BCUT2D eigenvalue weighted by Crippen LogP contribution is 2.36. The number of hydrogen-bond acceptors (Lipinski definition) is 8. The number of nitrogens with zero attached hydrogens (tertiary/aromatic N) is 1. The first kappa shape index (κ1) is 20.0.